The van der Waals surface area contributed by atoms with Gasteiger partial charge < -0.3 is 20.8 Å². The zero-order valence-corrected chi connectivity index (χ0v) is 15.0. The Morgan fingerprint density at radius 2 is 1.92 bits per heavy atom. The molecule has 3 aromatic heterocycles. The molecule has 3 heterocycles. The van der Waals surface area contributed by atoms with Crippen molar-refractivity contribution >= 4 is 38.5 Å². The molecular weight excluding hydrogens is 350 g/mol. The first kappa shape index (κ1) is 17.1. The lowest BCUT2D eigenvalue weighted by molar-refractivity contribution is 0.126. The molecule has 0 spiro atoms. The van der Waals surface area contributed by atoms with E-state index in [1.165, 1.54) is 11.3 Å². The highest BCUT2D eigenvalue weighted by molar-refractivity contribution is 7.21. The van der Waals surface area contributed by atoms with Gasteiger partial charge in [-0.15, -0.1) is 0 Å². The number of hydrogen-bond donors (Lipinski definition) is 4. The third-order valence-electron chi connectivity index (χ3n) is 4.52. The molecule has 136 valence electrons. The minimum absolute atomic E-state index is 0.0589. The molecule has 0 atom stereocenters. The number of anilines is 3. The van der Waals surface area contributed by atoms with Crippen LogP contribution in [0.4, 0.5) is 16.8 Å². The van der Waals surface area contributed by atoms with Gasteiger partial charge in [0, 0.05) is 12.2 Å². The minimum atomic E-state index is -0.186. The monoisotopic (exact) mass is 371 g/mol. The van der Waals surface area contributed by atoms with Crippen LogP contribution < -0.4 is 10.6 Å². The first-order chi connectivity index (χ1) is 12.7. The number of pyridine rings is 2. The predicted octanol–water partition coefficient (Wildman–Crippen LogP) is 3.04. The van der Waals surface area contributed by atoms with Crippen LogP contribution in [0.5, 0.6) is 0 Å². The van der Waals surface area contributed by atoms with Gasteiger partial charge in [0.2, 0.25) is 0 Å². The number of nitrogens with zero attached hydrogens (tertiary/aromatic N) is 3. The molecule has 4 N–H and O–H groups in total. The summed E-state index contributed by atoms with van der Waals surface area (Å²) in [5.41, 5.74) is 1.62. The molecule has 3 aromatic rings. The lowest BCUT2D eigenvalue weighted by Crippen LogP contribution is -2.28. The summed E-state index contributed by atoms with van der Waals surface area (Å²) in [5.74, 6) is 1.36. The minimum Gasteiger partial charge on any atom is -0.393 e. The van der Waals surface area contributed by atoms with Crippen molar-refractivity contribution in [2.45, 2.75) is 44.4 Å². The molecule has 1 aliphatic rings. The lowest BCUT2D eigenvalue weighted by atomic mass is 9.93. The third kappa shape index (κ3) is 3.92. The Morgan fingerprint density at radius 1 is 1.12 bits per heavy atom. The van der Waals surface area contributed by atoms with Gasteiger partial charge in [-0.1, -0.05) is 11.3 Å². The van der Waals surface area contributed by atoms with Crippen LogP contribution in [-0.2, 0) is 6.61 Å². The van der Waals surface area contributed by atoms with Gasteiger partial charge in [0.15, 0.2) is 5.13 Å². The fraction of sp³-hybridized carbons (Fsp3) is 0.389. The van der Waals surface area contributed by atoms with Gasteiger partial charge in [0.1, 0.15) is 22.0 Å². The first-order valence-electron chi connectivity index (χ1n) is 8.74. The summed E-state index contributed by atoms with van der Waals surface area (Å²) >= 11 is 1.46. The topological polar surface area (TPSA) is 103 Å². The molecule has 26 heavy (non-hydrogen) atoms. The van der Waals surface area contributed by atoms with Gasteiger partial charge in [0.25, 0.3) is 0 Å². The number of hydrogen-bond acceptors (Lipinski definition) is 8. The highest BCUT2D eigenvalue weighted by Gasteiger charge is 2.19. The zero-order valence-electron chi connectivity index (χ0n) is 14.2. The van der Waals surface area contributed by atoms with E-state index in [9.17, 15) is 10.2 Å². The number of fused-ring (bicyclic) bond motifs is 1. The molecule has 0 aromatic carbocycles. The summed E-state index contributed by atoms with van der Waals surface area (Å²) in [4.78, 5) is 14.3. The lowest BCUT2D eigenvalue weighted by Gasteiger charge is -2.26. The van der Waals surface area contributed by atoms with Gasteiger partial charge in [-0.3, -0.25) is 0 Å². The van der Waals surface area contributed by atoms with E-state index in [1.807, 2.05) is 24.3 Å². The van der Waals surface area contributed by atoms with E-state index in [-0.39, 0.29) is 12.7 Å². The molecule has 0 radical (unpaired) electrons. The van der Waals surface area contributed by atoms with Gasteiger partial charge in [-0.25, -0.2) is 15.0 Å². The third-order valence-corrected chi connectivity index (χ3v) is 5.41. The second-order valence-corrected chi connectivity index (χ2v) is 7.50. The molecule has 8 heteroatoms. The summed E-state index contributed by atoms with van der Waals surface area (Å²) in [6, 6.07) is 7.75. The Balaban J connectivity index is 1.53. The maximum Gasteiger partial charge on any atom is 0.190 e. The summed E-state index contributed by atoms with van der Waals surface area (Å²) < 4.78 is 0. The van der Waals surface area contributed by atoms with Crippen LogP contribution in [0.2, 0.25) is 0 Å². The standard InChI is InChI=1S/C18H21N5O2S/c24-10-11-8-15(20-12-3-5-13(25)6-4-12)22-16(9-11)23-18-21-14-2-1-7-19-17(14)26-18/h1-2,7-9,12-13,24-25H,3-6,10H2,(H2,20,21,22,23)/t12-,13-. The van der Waals surface area contributed by atoms with E-state index in [2.05, 4.69) is 25.6 Å². The first-order valence-corrected chi connectivity index (χ1v) is 9.56. The van der Waals surface area contributed by atoms with E-state index in [0.29, 0.717) is 17.0 Å². The van der Waals surface area contributed by atoms with Crippen molar-refractivity contribution in [1.29, 1.82) is 0 Å². The summed E-state index contributed by atoms with van der Waals surface area (Å²) in [6.45, 7) is -0.0589. The average Bonchev–Trinajstić information content (AvgIpc) is 3.05. The maximum atomic E-state index is 9.65. The fourth-order valence-electron chi connectivity index (χ4n) is 3.18. The molecule has 0 amide bonds. The molecule has 7 nitrogen and oxygen atoms in total. The second kappa shape index (κ2) is 7.53. The van der Waals surface area contributed by atoms with Crippen LogP contribution in [-0.4, -0.2) is 37.3 Å². The van der Waals surface area contributed by atoms with E-state index in [1.54, 1.807) is 6.20 Å². The fourth-order valence-corrected chi connectivity index (χ4v) is 3.99. The number of aliphatic hydroxyl groups excluding tert-OH is 2. The number of aliphatic hydroxyl groups is 2. The van der Waals surface area contributed by atoms with Crippen LogP contribution in [0.25, 0.3) is 10.3 Å². The van der Waals surface area contributed by atoms with E-state index >= 15 is 0 Å². The van der Waals surface area contributed by atoms with Gasteiger partial charge in [-0.2, -0.15) is 0 Å². The molecule has 1 saturated carbocycles. The van der Waals surface area contributed by atoms with Crippen LogP contribution in [0, 0.1) is 0 Å². The number of aromatic nitrogens is 3. The normalized spacial score (nSPS) is 20.2. The average molecular weight is 371 g/mol. The zero-order chi connectivity index (χ0) is 17.9. The van der Waals surface area contributed by atoms with Crippen molar-refractivity contribution < 1.29 is 10.2 Å². The van der Waals surface area contributed by atoms with Crippen LogP contribution in [0.1, 0.15) is 31.2 Å². The van der Waals surface area contributed by atoms with Crippen molar-refractivity contribution in [3.63, 3.8) is 0 Å². The van der Waals surface area contributed by atoms with Crippen LogP contribution in [0.3, 0.4) is 0 Å². The van der Waals surface area contributed by atoms with E-state index < -0.39 is 0 Å². The Morgan fingerprint density at radius 3 is 2.69 bits per heavy atom. The van der Waals surface area contributed by atoms with Crippen molar-refractivity contribution in [3.8, 4) is 0 Å². The molecule has 0 bridgehead atoms. The molecule has 0 saturated heterocycles. The van der Waals surface area contributed by atoms with Crippen LogP contribution >= 0.6 is 11.3 Å². The molecule has 4 rings (SSSR count). The largest absolute Gasteiger partial charge is 0.393 e. The predicted molar refractivity (Wildman–Crippen MR) is 103 cm³/mol. The maximum absolute atomic E-state index is 9.65. The number of thiazole rings is 1. The van der Waals surface area contributed by atoms with Gasteiger partial charge in [0.05, 0.1) is 12.7 Å². The number of nitrogens with one attached hydrogen (secondary N) is 2. The van der Waals surface area contributed by atoms with E-state index in [0.717, 1.165) is 47.4 Å². The molecule has 0 unspecified atom stereocenters. The highest BCUT2D eigenvalue weighted by atomic mass is 32.1. The second-order valence-electron chi connectivity index (χ2n) is 6.53. The summed E-state index contributed by atoms with van der Waals surface area (Å²) in [5, 5.41) is 26.6. The Kier molecular flexibility index (Phi) is 4.96. The smallest absolute Gasteiger partial charge is 0.190 e. The molecule has 1 fully saturated rings. The summed E-state index contributed by atoms with van der Waals surface area (Å²) in [6.07, 6.45) is 5.01. The van der Waals surface area contributed by atoms with E-state index in [4.69, 9.17) is 0 Å². The van der Waals surface area contributed by atoms with Crippen molar-refractivity contribution in [2.24, 2.45) is 0 Å². The Labute approximate surface area is 155 Å². The molecular formula is C18H21N5O2S. The van der Waals surface area contributed by atoms with Crippen molar-refractivity contribution in [1.82, 2.24) is 15.0 Å². The molecule has 1 aliphatic carbocycles. The highest BCUT2D eigenvalue weighted by Crippen LogP contribution is 2.28. The van der Waals surface area contributed by atoms with Gasteiger partial charge >= 0.3 is 0 Å². The quantitative estimate of drug-likeness (QED) is 0.546. The SMILES string of the molecule is OCc1cc(Nc2nc3cccnc3s2)nc(N[C@H]2CC[C@H](O)CC2)c1. The van der Waals surface area contributed by atoms with Crippen LogP contribution in [0.15, 0.2) is 30.5 Å². The number of rotatable bonds is 5. The summed E-state index contributed by atoms with van der Waals surface area (Å²) in [7, 11) is 0. The van der Waals surface area contributed by atoms with Gasteiger partial charge in [-0.05, 0) is 55.5 Å². The Bertz CT molecular complexity index is 859. The Hall–Kier alpha value is -2.29. The van der Waals surface area contributed by atoms with Crippen molar-refractivity contribution in [3.05, 3.63) is 36.0 Å². The molecule has 0 aliphatic heterocycles. The van der Waals surface area contributed by atoms with Crippen molar-refractivity contribution in [2.75, 3.05) is 10.6 Å².